The molecule has 0 spiro atoms. The highest BCUT2D eigenvalue weighted by Gasteiger charge is 2.28. The van der Waals surface area contributed by atoms with E-state index in [9.17, 15) is 9.90 Å². The second-order valence-corrected chi connectivity index (χ2v) is 7.14. The Morgan fingerprint density at radius 1 is 1.03 bits per heavy atom. The predicted molar refractivity (Wildman–Crippen MR) is 114 cm³/mol. The van der Waals surface area contributed by atoms with Crippen LogP contribution < -0.4 is 4.90 Å². The number of phenols is 1. The van der Waals surface area contributed by atoms with Crippen molar-refractivity contribution in [3.63, 3.8) is 0 Å². The molecular weight excluding hydrogens is 364 g/mol. The summed E-state index contributed by atoms with van der Waals surface area (Å²) in [6.07, 6.45) is 3.97. The largest absolute Gasteiger partial charge is 0.508 e. The van der Waals surface area contributed by atoms with Gasteiger partial charge in [-0.25, -0.2) is 0 Å². The Morgan fingerprint density at radius 3 is 2.66 bits per heavy atom. The maximum Gasteiger partial charge on any atom is 0.283 e. The lowest BCUT2D eigenvalue weighted by Crippen LogP contribution is -2.36. The first kappa shape index (κ1) is 17.3. The Labute approximate surface area is 167 Å². The zero-order valence-corrected chi connectivity index (χ0v) is 16.0. The number of aromatic nitrogens is 2. The van der Waals surface area contributed by atoms with Gasteiger partial charge in [0, 0.05) is 42.6 Å². The minimum Gasteiger partial charge on any atom is -0.508 e. The number of hydrogen-bond donors (Lipinski definition) is 1. The number of aryl methyl sites for hydroxylation is 1. The normalized spacial score (nSPS) is 13.2. The van der Waals surface area contributed by atoms with Crippen molar-refractivity contribution in [3.8, 4) is 5.75 Å². The molecule has 1 amide bonds. The van der Waals surface area contributed by atoms with Crippen molar-refractivity contribution < 1.29 is 9.90 Å². The van der Waals surface area contributed by atoms with Crippen LogP contribution in [0, 0.1) is 0 Å². The number of rotatable bonds is 3. The molecule has 144 valence electrons. The van der Waals surface area contributed by atoms with Gasteiger partial charge in [0.2, 0.25) is 0 Å². The molecule has 6 nitrogen and oxygen atoms in total. The lowest BCUT2D eigenvalue weighted by atomic mass is 10.1. The maximum absolute atomic E-state index is 13.7. The van der Waals surface area contributed by atoms with E-state index in [-0.39, 0.29) is 11.7 Å². The molecule has 0 radical (unpaired) electrons. The maximum atomic E-state index is 13.7. The van der Waals surface area contributed by atoms with E-state index in [1.807, 2.05) is 60.4 Å². The number of aliphatic imine (C=N–C) groups is 1. The molecule has 1 aliphatic rings. The summed E-state index contributed by atoms with van der Waals surface area (Å²) in [7, 11) is 2.00. The number of fused-ring (bicyclic) bond motifs is 2. The Balaban J connectivity index is 1.65. The quantitative estimate of drug-likeness (QED) is 0.583. The molecule has 1 aliphatic heterocycles. The van der Waals surface area contributed by atoms with E-state index in [0.717, 1.165) is 28.8 Å². The first-order valence-electron chi connectivity index (χ1n) is 9.50. The number of aromatic hydroxyl groups is 1. The topological polar surface area (TPSA) is 62.8 Å². The molecule has 0 bridgehead atoms. The first-order chi connectivity index (χ1) is 14.1. The fraction of sp³-hybridized carbons (Fsp3) is 0.130. The smallest absolute Gasteiger partial charge is 0.283 e. The molecule has 2 aromatic carbocycles. The second-order valence-electron chi connectivity index (χ2n) is 7.14. The van der Waals surface area contributed by atoms with Crippen LogP contribution in [0.5, 0.6) is 5.75 Å². The number of carbonyl (C=O) groups is 1. The molecule has 0 saturated carbocycles. The van der Waals surface area contributed by atoms with Gasteiger partial charge in [-0.15, -0.1) is 0 Å². The van der Waals surface area contributed by atoms with E-state index in [2.05, 4.69) is 9.56 Å². The SMILES string of the molecule is Cn1ccc2cc(N(C(=O)C3=NCCn4cccc43)c3ccc(O)cc3)ccc21. The van der Waals surface area contributed by atoms with Crippen molar-refractivity contribution in [2.75, 3.05) is 11.4 Å². The van der Waals surface area contributed by atoms with Crippen LogP contribution in [0.15, 0.2) is 78.0 Å². The molecule has 0 saturated heterocycles. The Kier molecular flexibility index (Phi) is 3.98. The summed E-state index contributed by atoms with van der Waals surface area (Å²) in [5, 5.41) is 10.8. The van der Waals surface area contributed by atoms with Gasteiger partial charge >= 0.3 is 0 Å². The molecule has 0 fully saturated rings. The number of carbonyl (C=O) groups excluding carboxylic acids is 1. The molecule has 29 heavy (non-hydrogen) atoms. The fourth-order valence-electron chi connectivity index (χ4n) is 3.85. The first-order valence-corrected chi connectivity index (χ1v) is 9.50. The number of nitrogens with zero attached hydrogens (tertiary/aromatic N) is 4. The Hall–Kier alpha value is -3.80. The van der Waals surface area contributed by atoms with Crippen LogP contribution in [0.2, 0.25) is 0 Å². The number of hydrogen-bond acceptors (Lipinski definition) is 3. The summed E-state index contributed by atoms with van der Waals surface area (Å²) in [4.78, 5) is 19.9. The number of benzene rings is 2. The molecule has 1 N–H and O–H groups in total. The van der Waals surface area contributed by atoms with Gasteiger partial charge in [-0.2, -0.15) is 0 Å². The van der Waals surface area contributed by atoms with Gasteiger partial charge in [-0.05, 0) is 60.7 Å². The van der Waals surface area contributed by atoms with Gasteiger partial charge in [0.15, 0.2) is 0 Å². The molecule has 3 heterocycles. The van der Waals surface area contributed by atoms with Gasteiger partial charge < -0.3 is 14.2 Å². The molecule has 0 atom stereocenters. The molecule has 0 unspecified atom stereocenters. The summed E-state index contributed by atoms with van der Waals surface area (Å²) < 4.78 is 4.10. The summed E-state index contributed by atoms with van der Waals surface area (Å²) in [6.45, 7) is 1.35. The monoisotopic (exact) mass is 384 g/mol. The summed E-state index contributed by atoms with van der Waals surface area (Å²) in [6, 6.07) is 18.5. The molecule has 4 aromatic rings. The average Bonchev–Trinajstić information content (AvgIpc) is 3.36. The van der Waals surface area contributed by atoms with Crippen LogP contribution in [-0.2, 0) is 18.4 Å². The number of phenolic OH excluding ortho intramolecular Hbond substituents is 1. The molecular formula is C23H20N4O2. The van der Waals surface area contributed by atoms with Crippen molar-refractivity contribution in [3.05, 3.63) is 78.8 Å². The highest BCUT2D eigenvalue weighted by molar-refractivity contribution is 6.50. The third-order valence-electron chi connectivity index (χ3n) is 5.32. The van der Waals surface area contributed by atoms with Crippen molar-refractivity contribution in [1.82, 2.24) is 9.13 Å². The lowest BCUT2D eigenvalue weighted by molar-refractivity contribution is -0.111. The minimum atomic E-state index is -0.189. The van der Waals surface area contributed by atoms with Crippen LogP contribution in [0.4, 0.5) is 11.4 Å². The third-order valence-corrected chi connectivity index (χ3v) is 5.32. The van der Waals surface area contributed by atoms with Crippen LogP contribution >= 0.6 is 0 Å². The highest BCUT2D eigenvalue weighted by atomic mass is 16.3. The Bertz CT molecular complexity index is 1250. The van der Waals surface area contributed by atoms with E-state index in [1.165, 1.54) is 0 Å². The zero-order valence-electron chi connectivity index (χ0n) is 16.0. The Morgan fingerprint density at radius 2 is 1.83 bits per heavy atom. The van der Waals surface area contributed by atoms with Crippen molar-refractivity contribution >= 4 is 33.9 Å². The number of anilines is 2. The standard InChI is InChI=1S/C23H20N4O2/c1-25-13-10-16-15-18(6-9-20(16)25)27(17-4-7-19(28)8-5-17)23(29)22-21-3-2-12-26(21)14-11-24-22/h2-10,12-13,15,28H,11,14H2,1H3. The van der Waals surface area contributed by atoms with Crippen LogP contribution in [0.1, 0.15) is 5.69 Å². The third kappa shape index (κ3) is 2.89. The van der Waals surface area contributed by atoms with E-state index >= 15 is 0 Å². The average molecular weight is 384 g/mol. The second kappa shape index (κ2) is 6.67. The summed E-state index contributed by atoms with van der Waals surface area (Å²) >= 11 is 0. The predicted octanol–water partition coefficient (Wildman–Crippen LogP) is 3.85. The van der Waals surface area contributed by atoms with Crippen molar-refractivity contribution in [2.45, 2.75) is 6.54 Å². The van der Waals surface area contributed by atoms with Gasteiger partial charge in [-0.1, -0.05) is 0 Å². The van der Waals surface area contributed by atoms with E-state index in [1.54, 1.807) is 29.2 Å². The van der Waals surface area contributed by atoms with Crippen molar-refractivity contribution in [2.24, 2.45) is 12.0 Å². The lowest BCUT2D eigenvalue weighted by Gasteiger charge is -2.26. The fourth-order valence-corrected chi connectivity index (χ4v) is 3.85. The molecule has 6 heteroatoms. The number of amides is 1. The van der Waals surface area contributed by atoms with Gasteiger partial charge in [0.25, 0.3) is 5.91 Å². The van der Waals surface area contributed by atoms with Crippen LogP contribution in [0.3, 0.4) is 0 Å². The minimum absolute atomic E-state index is 0.156. The summed E-state index contributed by atoms with van der Waals surface area (Å²) in [5.74, 6) is -0.0332. The van der Waals surface area contributed by atoms with Crippen molar-refractivity contribution in [1.29, 1.82) is 0 Å². The molecule has 0 aliphatic carbocycles. The van der Waals surface area contributed by atoms with Gasteiger partial charge in [-0.3, -0.25) is 14.7 Å². The molecule has 5 rings (SSSR count). The van der Waals surface area contributed by atoms with Gasteiger partial charge in [0.05, 0.1) is 17.9 Å². The highest BCUT2D eigenvalue weighted by Crippen LogP contribution is 2.31. The van der Waals surface area contributed by atoms with E-state index < -0.39 is 0 Å². The van der Waals surface area contributed by atoms with Crippen LogP contribution in [-0.4, -0.2) is 32.4 Å². The van der Waals surface area contributed by atoms with Gasteiger partial charge in [0.1, 0.15) is 11.5 Å². The van der Waals surface area contributed by atoms with E-state index in [4.69, 9.17) is 0 Å². The van der Waals surface area contributed by atoms with Crippen LogP contribution in [0.25, 0.3) is 10.9 Å². The van der Waals surface area contributed by atoms with E-state index in [0.29, 0.717) is 17.9 Å². The summed E-state index contributed by atoms with van der Waals surface area (Å²) in [5.41, 5.74) is 3.80. The zero-order chi connectivity index (χ0) is 20.0. The molecule has 2 aromatic heterocycles.